The summed E-state index contributed by atoms with van der Waals surface area (Å²) in [5.74, 6) is 4.08. The van der Waals surface area contributed by atoms with E-state index in [9.17, 15) is 0 Å². The van der Waals surface area contributed by atoms with E-state index < -0.39 is 6.98 Å². The number of imidazole rings is 3. The van der Waals surface area contributed by atoms with Gasteiger partial charge in [0, 0.05) is 115 Å². The molecule has 0 fully saturated rings. The van der Waals surface area contributed by atoms with Crippen molar-refractivity contribution in [2.24, 2.45) is 14.0 Å². The minimum absolute atomic E-state index is 0.618. The van der Waals surface area contributed by atoms with Crippen LogP contribution in [-0.2, 0) is 46.7 Å². The van der Waals surface area contributed by atoms with Crippen LogP contribution < -0.4 is 22.8 Å². The van der Waals surface area contributed by atoms with Gasteiger partial charge in [0.1, 0.15) is 57.6 Å². The van der Waals surface area contributed by atoms with Crippen molar-refractivity contribution >= 4 is 93.3 Å². The fourth-order valence-electron chi connectivity index (χ4n) is 16.1. The number of rotatable bonds is 1. The van der Waals surface area contributed by atoms with E-state index >= 15 is 0 Å². The highest BCUT2D eigenvalue weighted by atomic mass is 32.1. The third-order valence-electron chi connectivity index (χ3n) is 20.5. The molecule has 0 atom stereocenters. The van der Waals surface area contributed by atoms with Crippen LogP contribution in [0.4, 0.5) is 0 Å². The van der Waals surface area contributed by atoms with E-state index in [4.69, 9.17) is 8.53 Å². The lowest BCUT2D eigenvalue weighted by molar-refractivity contribution is -0.648. The van der Waals surface area contributed by atoms with Gasteiger partial charge >= 0.3 is 5.89 Å². The number of para-hydroxylation sites is 1. The molecule has 0 radical (unpaired) electrons. The number of hydrogen-bond donors (Lipinski definition) is 0. The SMILES string of the molecule is Cn1c2[n+](c3c1cn1ncccc31)Cc1cnccc1-2.[2H]C([2H])([2H])n1c2[n+](c3c1cn1ncccc31)Cc1cnccc1-2.c1ccc(-n2c3[n+](c4c2cn2ncccc42)Cc2cnccc2-3)cc1.c1cnn2cc3oc4[n+](c3c2c1)Cc1cnccc1-4.c1cnn2cc3sc4[n+](c3c2c1)Cc1cnccc1-4. The normalized spacial score (nSPS) is 13.5. The average Bonchev–Trinajstić information content (AvgIpc) is 1.56. The number of oxazole rings is 1. The standard InChI is InChI=1S/C20H14N5.2C15H12N5.C14H9N4O.C14H9N4S/c1-2-5-15(6-3-1)25-18-13-24-17(7-4-9-22-24)19(18)23-12-14-11-21-10-8-16(14)20(23)25;2*1-18-13-9-20-12(3-2-5-17-20)14(13)19-8-10-7-16-6-4-11(10)15(18)19;2*1-2-11-13-12(8-18(11)16-4-1)19-14-10-3-5-15-6-9(10)7-17(13)14/h1-11,13H,12H2;2*2-7,9H,8H2,1H3;2*1-6,8H,7H2/q5*+1/i;1D3;;;. The van der Waals surface area contributed by atoms with Crippen molar-refractivity contribution in [2.45, 2.75) is 32.7 Å². The Hall–Kier alpha value is -13.8. The summed E-state index contributed by atoms with van der Waals surface area (Å²) in [4.78, 5) is 21.1. The summed E-state index contributed by atoms with van der Waals surface area (Å²) < 4.78 is 58.1. The summed E-state index contributed by atoms with van der Waals surface area (Å²) >= 11 is 1.83. The van der Waals surface area contributed by atoms with Crippen LogP contribution in [-0.4, -0.2) is 86.7 Å². The summed E-state index contributed by atoms with van der Waals surface area (Å²) in [6, 6.07) is 40.8. The van der Waals surface area contributed by atoms with Crippen LogP contribution in [0.5, 0.6) is 0 Å². The van der Waals surface area contributed by atoms with E-state index in [0.29, 0.717) is 17.9 Å². The molecule has 490 valence electrons. The first-order valence-electron chi connectivity index (χ1n) is 35.1. The molecule has 5 aliphatic rings. The fourth-order valence-corrected chi connectivity index (χ4v) is 17.4. The van der Waals surface area contributed by atoms with Crippen LogP contribution >= 0.6 is 11.3 Å². The van der Waals surface area contributed by atoms with Gasteiger partial charge in [0.05, 0.1) is 82.5 Å². The van der Waals surface area contributed by atoms with Gasteiger partial charge in [-0.25, -0.2) is 45.4 Å². The second kappa shape index (κ2) is 21.8. The van der Waals surface area contributed by atoms with Gasteiger partial charge in [0.15, 0.2) is 24.1 Å². The zero-order chi connectivity index (χ0) is 70.2. The molecule has 0 saturated heterocycles. The zero-order valence-corrected chi connectivity index (χ0v) is 55.5. The van der Waals surface area contributed by atoms with Gasteiger partial charge in [-0.15, -0.1) is 4.57 Å². The Balaban J connectivity index is 0.0000000830. The molecule has 21 aromatic rings. The molecule has 0 aliphatic carbocycles. The molecule has 0 bridgehead atoms. The van der Waals surface area contributed by atoms with Gasteiger partial charge in [-0.1, -0.05) is 29.5 Å². The van der Waals surface area contributed by atoms with Gasteiger partial charge < -0.3 is 4.42 Å². The highest BCUT2D eigenvalue weighted by Gasteiger charge is 2.41. The molecule has 20 aromatic heterocycles. The number of nitrogens with zero attached hydrogens (tertiary/aromatic N) is 23. The maximum absolute atomic E-state index is 7.99. The third-order valence-corrected chi connectivity index (χ3v) is 21.6. The topological polar surface area (TPSA) is 198 Å². The molecule has 0 amide bonds. The molecular weight excluding hydrogens is 1310 g/mol. The predicted octanol–water partition coefficient (Wildman–Crippen LogP) is 10.1. The highest BCUT2D eigenvalue weighted by molar-refractivity contribution is 7.21. The summed E-state index contributed by atoms with van der Waals surface area (Å²) in [5, 5.41) is 23.1. The van der Waals surface area contributed by atoms with Crippen LogP contribution in [0.15, 0.2) is 250 Å². The van der Waals surface area contributed by atoms with Crippen molar-refractivity contribution in [1.82, 2.24) is 86.7 Å². The first-order chi connectivity index (χ1) is 52.1. The fraction of sp³-hybridized carbons (Fsp3) is 0.0897. The number of aryl methyl sites for hydroxylation is 2. The summed E-state index contributed by atoms with van der Waals surface area (Å²) in [6.07, 6.45) is 37.7. The Labute approximate surface area is 590 Å². The third kappa shape index (κ3) is 8.35. The Morgan fingerprint density at radius 1 is 0.359 bits per heavy atom. The minimum Gasteiger partial charge on any atom is -0.396 e. The van der Waals surface area contributed by atoms with E-state index in [1.807, 2.05) is 157 Å². The zero-order valence-electron chi connectivity index (χ0n) is 57.7. The molecule has 26 rings (SSSR count). The summed E-state index contributed by atoms with van der Waals surface area (Å²) in [7, 11) is 2.11. The second-order valence-corrected chi connectivity index (χ2v) is 27.0. The van der Waals surface area contributed by atoms with Gasteiger partial charge in [0.25, 0.3) is 33.5 Å². The largest absolute Gasteiger partial charge is 0.396 e. The molecule has 0 unspecified atom stereocenters. The average molecular weight is 1370 g/mol. The number of thiazole rings is 1. The van der Waals surface area contributed by atoms with Crippen molar-refractivity contribution in [3.63, 3.8) is 0 Å². The van der Waals surface area contributed by atoms with E-state index in [2.05, 4.69) is 170 Å². The maximum atomic E-state index is 7.99. The van der Waals surface area contributed by atoms with E-state index in [-0.39, 0.29) is 0 Å². The second-order valence-electron chi connectivity index (χ2n) is 26.0. The van der Waals surface area contributed by atoms with Crippen LogP contribution in [0.3, 0.4) is 0 Å². The van der Waals surface area contributed by atoms with Gasteiger partial charge in [-0.3, -0.25) is 24.9 Å². The lowest BCUT2D eigenvalue weighted by Crippen LogP contribution is -2.31. The van der Waals surface area contributed by atoms with E-state index in [0.717, 1.165) is 93.1 Å². The Morgan fingerprint density at radius 2 is 0.767 bits per heavy atom. The number of aromatic nitrogens is 23. The van der Waals surface area contributed by atoms with Crippen LogP contribution in [0, 0.1) is 0 Å². The van der Waals surface area contributed by atoms with Crippen molar-refractivity contribution in [3.8, 4) is 61.9 Å². The van der Waals surface area contributed by atoms with Crippen LogP contribution in [0.2, 0.25) is 0 Å². The molecule has 0 saturated carbocycles. The quantitative estimate of drug-likeness (QED) is 0.142. The number of hydrogen-bond acceptors (Lipinski definition) is 12. The number of fused-ring (bicyclic) bond motifs is 35. The molecule has 0 N–H and O–H groups in total. The van der Waals surface area contributed by atoms with Crippen molar-refractivity contribution in [2.75, 3.05) is 0 Å². The lowest BCUT2D eigenvalue weighted by atomic mass is 10.1. The van der Waals surface area contributed by atoms with Gasteiger partial charge in [-0.2, -0.15) is 34.6 Å². The van der Waals surface area contributed by atoms with Crippen molar-refractivity contribution in [1.29, 1.82) is 0 Å². The molecule has 1 aromatic carbocycles. The van der Waals surface area contributed by atoms with Crippen molar-refractivity contribution in [3.05, 3.63) is 273 Å². The molecule has 0 spiro atoms. The monoisotopic (exact) mass is 1370 g/mol. The minimum atomic E-state index is -2.27. The molecule has 24 nitrogen and oxygen atoms in total. The number of benzene rings is 1. The van der Waals surface area contributed by atoms with Crippen LogP contribution in [0.1, 0.15) is 31.9 Å². The lowest BCUT2D eigenvalue weighted by Gasteiger charge is -2.01. The first-order valence-corrected chi connectivity index (χ1v) is 34.4. The molecule has 25 heteroatoms. The molecule has 25 heterocycles. The molecule has 5 aliphatic heterocycles. The predicted molar refractivity (Wildman–Crippen MR) is 384 cm³/mol. The Morgan fingerprint density at radius 3 is 1.32 bits per heavy atom. The number of pyridine rings is 5. The Bertz CT molecular complexity index is 7090. The highest BCUT2D eigenvalue weighted by Crippen LogP contribution is 2.40. The first kappa shape index (κ1) is 54.1. The Kier molecular flexibility index (Phi) is 11.5. The molecular formula is C78H56N23OS+5. The summed E-state index contributed by atoms with van der Waals surface area (Å²) in [6.45, 7) is 1.78. The molecule has 103 heavy (non-hydrogen) atoms. The van der Waals surface area contributed by atoms with Gasteiger partial charge in [-0.05, 0) is 103 Å². The van der Waals surface area contributed by atoms with Crippen molar-refractivity contribution < 1.29 is 31.4 Å². The van der Waals surface area contributed by atoms with E-state index in [1.54, 1.807) is 41.7 Å². The summed E-state index contributed by atoms with van der Waals surface area (Å²) in [5.41, 5.74) is 28.2. The van der Waals surface area contributed by atoms with Crippen LogP contribution in [0.25, 0.3) is 144 Å². The maximum Gasteiger partial charge on any atom is 0.382 e. The van der Waals surface area contributed by atoms with Gasteiger partial charge in [0.2, 0.25) is 27.6 Å². The smallest absolute Gasteiger partial charge is 0.382 e. The van der Waals surface area contributed by atoms with E-state index in [1.165, 1.54) is 98.0 Å².